The Kier molecular flexibility index (Phi) is 3.84. The van der Waals surface area contributed by atoms with Gasteiger partial charge >= 0.3 is 0 Å². The predicted molar refractivity (Wildman–Crippen MR) is 69.0 cm³/mol. The minimum atomic E-state index is -0.752. The average Bonchev–Trinajstić information content (AvgIpc) is 2.42. The molecule has 0 aliphatic carbocycles. The molecule has 0 aromatic heterocycles. The van der Waals surface area contributed by atoms with Crippen molar-refractivity contribution in [2.24, 2.45) is 0 Å². The number of phenols is 1. The normalized spacial score (nSPS) is 10.2. The summed E-state index contributed by atoms with van der Waals surface area (Å²) in [5.41, 5.74) is -0.183. The first-order valence-electron chi connectivity index (χ1n) is 5.64. The van der Waals surface area contributed by atoms with E-state index in [4.69, 9.17) is 4.74 Å². The van der Waals surface area contributed by atoms with E-state index in [1.54, 1.807) is 0 Å². The van der Waals surface area contributed by atoms with Gasteiger partial charge in [-0.2, -0.15) is 0 Å². The van der Waals surface area contributed by atoms with E-state index in [9.17, 15) is 18.7 Å². The van der Waals surface area contributed by atoms with Crippen LogP contribution < -0.4 is 10.1 Å². The molecule has 0 bridgehead atoms. The molecule has 2 aromatic carbocycles. The fourth-order valence-corrected chi connectivity index (χ4v) is 1.62. The van der Waals surface area contributed by atoms with Crippen LogP contribution in [0.15, 0.2) is 36.4 Å². The molecule has 2 N–H and O–H groups in total. The molecule has 0 atom stereocenters. The lowest BCUT2D eigenvalue weighted by Gasteiger charge is -2.08. The van der Waals surface area contributed by atoms with Crippen molar-refractivity contribution in [1.29, 1.82) is 0 Å². The van der Waals surface area contributed by atoms with Gasteiger partial charge in [-0.25, -0.2) is 8.78 Å². The van der Waals surface area contributed by atoms with Gasteiger partial charge in [-0.05, 0) is 30.3 Å². The fraction of sp³-hybridized carbons (Fsp3) is 0.0714. The van der Waals surface area contributed by atoms with Crippen LogP contribution >= 0.6 is 0 Å². The molecule has 1 amide bonds. The molecule has 104 valence electrons. The van der Waals surface area contributed by atoms with E-state index in [0.717, 1.165) is 18.2 Å². The maximum absolute atomic E-state index is 13.4. The average molecular weight is 279 g/mol. The van der Waals surface area contributed by atoms with E-state index >= 15 is 0 Å². The second-order valence-electron chi connectivity index (χ2n) is 3.96. The quantitative estimate of drug-likeness (QED) is 0.908. The molecule has 0 saturated carbocycles. The van der Waals surface area contributed by atoms with Crippen LogP contribution in [-0.2, 0) is 0 Å². The molecule has 0 unspecified atom stereocenters. The Hall–Kier alpha value is -2.63. The number of carbonyl (C=O) groups is 1. The largest absolute Gasteiger partial charge is 0.504 e. The van der Waals surface area contributed by atoms with Crippen LogP contribution in [-0.4, -0.2) is 18.1 Å². The number of hydrogen-bond acceptors (Lipinski definition) is 3. The van der Waals surface area contributed by atoms with Crippen molar-refractivity contribution in [2.45, 2.75) is 0 Å². The van der Waals surface area contributed by atoms with E-state index in [-0.39, 0.29) is 22.7 Å². The SMILES string of the molecule is COc1ccc(C(=O)Nc2cc(F)ccc2F)cc1O. The maximum Gasteiger partial charge on any atom is 0.255 e. The Morgan fingerprint density at radius 2 is 1.95 bits per heavy atom. The lowest BCUT2D eigenvalue weighted by molar-refractivity contribution is 0.102. The number of halogens is 2. The van der Waals surface area contributed by atoms with Crippen molar-refractivity contribution in [3.63, 3.8) is 0 Å². The van der Waals surface area contributed by atoms with E-state index in [0.29, 0.717) is 0 Å². The molecule has 0 radical (unpaired) electrons. The summed E-state index contributed by atoms with van der Waals surface area (Å²) in [6, 6.07) is 6.69. The number of methoxy groups -OCH3 is 1. The zero-order valence-electron chi connectivity index (χ0n) is 10.5. The molecule has 0 aliphatic rings. The molecule has 0 aliphatic heterocycles. The minimum absolute atomic E-state index is 0.0898. The first-order valence-corrected chi connectivity index (χ1v) is 5.64. The summed E-state index contributed by atoms with van der Waals surface area (Å²) in [4.78, 5) is 11.9. The summed E-state index contributed by atoms with van der Waals surface area (Å²) in [6.07, 6.45) is 0. The standard InChI is InChI=1S/C14H11F2NO3/c1-20-13-5-2-8(6-12(13)18)14(19)17-11-7-9(15)3-4-10(11)16/h2-7,18H,1H3,(H,17,19). The molecule has 2 rings (SSSR count). The van der Waals surface area contributed by atoms with Gasteiger partial charge in [0.15, 0.2) is 11.5 Å². The maximum atomic E-state index is 13.4. The van der Waals surface area contributed by atoms with E-state index in [1.165, 1.54) is 25.3 Å². The topological polar surface area (TPSA) is 58.6 Å². The second kappa shape index (κ2) is 5.56. The smallest absolute Gasteiger partial charge is 0.255 e. The molecule has 0 spiro atoms. The van der Waals surface area contributed by atoms with E-state index in [2.05, 4.69) is 5.32 Å². The zero-order chi connectivity index (χ0) is 14.7. The summed E-state index contributed by atoms with van der Waals surface area (Å²) in [6.45, 7) is 0. The van der Waals surface area contributed by atoms with Crippen LogP contribution in [0.2, 0.25) is 0 Å². The van der Waals surface area contributed by atoms with Crippen LogP contribution in [0.25, 0.3) is 0 Å². The highest BCUT2D eigenvalue weighted by molar-refractivity contribution is 6.04. The van der Waals surface area contributed by atoms with Crippen LogP contribution in [0.1, 0.15) is 10.4 Å². The number of phenolic OH excluding ortho intramolecular Hbond substituents is 1. The highest BCUT2D eigenvalue weighted by Gasteiger charge is 2.12. The van der Waals surface area contributed by atoms with Gasteiger partial charge in [0, 0.05) is 11.6 Å². The number of benzene rings is 2. The van der Waals surface area contributed by atoms with E-state index in [1.807, 2.05) is 0 Å². The van der Waals surface area contributed by atoms with Gasteiger partial charge in [-0.1, -0.05) is 0 Å². The van der Waals surface area contributed by atoms with Crippen molar-refractivity contribution in [1.82, 2.24) is 0 Å². The number of aromatic hydroxyl groups is 1. The Labute approximate surface area is 113 Å². The summed E-state index contributed by atoms with van der Waals surface area (Å²) in [5, 5.41) is 11.8. The first-order chi connectivity index (χ1) is 9.51. The van der Waals surface area contributed by atoms with Gasteiger partial charge in [-0.3, -0.25) is 4.79 Å². The number of carbonyl (C=O) groups excluding carboxylic acids is 1. The highest BCUT2D eigenvalue weighted by Crippen LogP contribution is 2.26. The van der Waals surface area contributed by atoms with Crippen molar-refractivity contribution in [2.75, 3.05) is 12.4 Å². The minimum Gasteiger partial charge on any atom is -0.504 e. The third-order valence-electron chi connectivity index (χ3n) is 2.62. The zero-order valence-corrected chi connectivity index (χ0v) is 10.5. The lowest BCUT2D eigenvalue weighted by atomic mass is 10.2. The molecule has 0 heterocycles. The molecule has 0 fully saturated rings. The van der Waals surface area contributed by atoms with Crippen molar-refractivity contribution >= 4 is 11.6 Å². The fourth-order valence-electron chi connectivity index (χ4n) is 1.62. The first kappa shape index (κ1) is 13.8. The van der Waals surface area contributed by atoms with Gasteiger partial charge in [0.1, 0.15) is 11.6 Å². The Bertz CT molecular complexity index is 659. The Morgan fingerprint density at radius 3 is 2.60 bits per heavy atom. The molecule has 2 aromatic rings. The number of anilines is 1. The summed E-state index contributed by atoms with van der Waals surface area (Å²) >= 11 is 0. The van der Waals surface area contributed by atoms with Gasteiger partial charge in [0.25, 0.3) is 5.91 Å². The van der Waals surface area contributed by atoms with Gasteiger partial charge in [0.05, 0.1) is 12.8 Å². The summed E-state index contributed by atoms with van der Waals surface area (Å²) < 4.78 is 31.2. The van der Waals surface area contributed by atoms with Gasteiger partial charge in [0.2, 0.25) is 0 Å². The molecule has 4 nitrogen and oxygen atoms in total. The molecular weight excluding hydrogens is 268 g/mol. The molecule has 6 heteroatoms. The second-order valence-corrected chi connectivity index (χ2v) is 3.96. The Morgan fingerprint density at radius 1 is 1.20 bits per heavy atom. The van der Waals surface area contributed by atoms with Crippen molar-refractivity contribution in [3.8, 4) is 11.5 Å². The number of hydrogen-bond donors (Lipinski definition) is 2. The number of nitrogens with one attached hydrogen (secondary N) is 1. The number of ether oxygens (including phenoxy) is 1. The number of amides is 1. The highest BCUT2D eigenvalue weighted by atomic mass is 19.1. The lowest BCUT2D eigenvalue weighted by Crippen LogP contribution is -2.13. The van der Waals surface area contributed by atoms with Crippen LogP contribution in [0, 0.1) is 11.6 Å². The van der Waals surface area contributed by atoms with E-state index < -0.39 is 17.5 Å². The van der Waals surface area contributed by atoms with Gasteiger partial charge in [-0.15, -0.1) is 0 Å². The Balaban J connectivity index is 2.24. The third-order valence-corrected chi connectivity index (χ3v) is 2.62. The van der Waals surface area contributed by atoms with Crippen LogP contribution in [0.5, 0.6) is 11.5 Å². The van der Waals surface area contributed by atoms with Gasteiger partial charge < -0.3 is 15.2 Å². The van der Waals surface area contributed by atoms with Crippen LogP contribution in [0.3, 0.4) is 0 Å². The third kappa shape index (κ3) is 2.85. The monoisotopic (exact) mass is 279 g/mol. The molecule has 20 heavy (non-hydrogen) atoms. The van der Waals surface area contributed by atoms with Crippen molar-refractivity contribution < 1.29 is 23.4 Å². The molecule has 0 saturated heterocycles. The summed E-state index contributed by atoms with van der Waals surface area (Å²) in [5.74, 6) is -2.11. The predicted octanol–water partition coefficient (Wildman–Crippen LogP) is 2.93. The molecular formula is C14H11F2NO3. The number of rotatable bonds is 3. The van der Waals surface area contributed by atoms with Crippen LogP contribution in [0.4, 0.5) is 14.5 Å². The summed E-state index contributed by atoms with van der Waals surface area (Å²) in [7, 11) is 1.37. The van der Waals surface area contributed by atoms with Crippen molar-refractivity contribution in [3.05, 3.63) is 53.6 Å².